The highest BCUT2D eigenvalue weighted by Gasteiger charge is 2.25. The Morgan fingerprint density at radius 3 is 2.93 bits per heavy atom. The number of nitrogens with zero attached hydrogens (tertiary/aromatic N) is 4. The third-order valence-electron chi connectivity index (χ3n) is 4.34. The van der Waals surface area contributed by atoms with Crippen molar-refractivity contribution >= 4 is 16.9 Å². The topological polar surface area (TPSA) is 114 Å². The number of benzene rings is 1. The molecule has 1 aliphatic heterocycles. The molecule has 0 radical (unpaired) electrons. The quantitative estimate of drug-likeness (QED) is 0.499. The summed E-state index contributed by atoms with van der Waals surface area (Å²) in [6.07, 6.45) is 3.33. The van der Waals surface area contributed by atoms with Crippen molar-refractivity contribution in [3.8, 4) is 17.7 Å². The minimum atomic E-state index is -1.27. The molecule has 0 saturated carbocycles. The number of nitrogen functional groups attached to an aromatic ring is 1. The molecule has 0 bridgehead atoms. The zero-order valence-electron chi connectivity index (χ0n) is 15.0. The lowest BCUT2D eigenvalue weighted by Gasteiger charge is -2.17. The molecule has 0 saturated heterocycles. The number of anilines is 1. The summed E-state index contributed by atoms with van der Waals surface area (Å²) in [6, 6.07) is 7.54. The predicted octanol–water partition coefficient (Wildman–Crippen LogP) is 0.800. The summed E-state index contributed by atoms with van der Waals surface area (Å²) < 4.78 is 1.72. The number of hydrogen-bond acceptors (Lipinski definition) is 7. The molecule has 0 fully saturated rings. The van der Waals surface area contributed by atoms with Crippen molar-refractivity contribution in [2.24, 2.45) is 0 Å². The number of aryl methyl sites for hydroxylation is 1. The van der Waals surface area contributed by atoms with Gasteiger partial charge in [-0.15, -0.1) is 0 Å². The molecule has 0 spiro atoms. The molecule has 8 nitrogen and oxygen atoms in total. The zero-order chi connectivity index (χ0) is 19.0. The Hall–Kier alpha value is -3.57. The Morgan fingerprint density at radius 1 is 1.33 bits per heavy atom. The monoisotopic (exact) mass is 361 g/mol. The second-order valence-corrected chi connectivity index (χ2v) is 6.44. The fourth-order valence-corrected chi connectivity index (χ4v) is 2.93. The molecule has 0 amide bonds. The van der Waals surface area contributed by atoms with Gasteiger partial charge in [0.2, 0.25) is 5.95 Å². The van der Waals surface area contributed by atoms with E-state index in [9.17, 15) is 5.11 Å². The summed E-state index contributed by atoms with van der Waals surface area (Å²) in [4.78, 5) is 8.17. The lowest BCUT2D eigenvalue weighted by atomic mass is 10.0. The maximum atomic E-state index is 10.6. The molecule has 1 unspecified atom stereocenters. The van der Waals surface area contributed by atoms with E-state index >= 15 is 0 Å². The minimum Gasteiger partial charge on any atom is -0.372 e. The van der Waals surface area contributed by atoms with Crippen LogP contribution >= 0.6 is 0 Å². The van der Waals surface area contributed by atoms with Gasteiger partial charge in [0.25, 0.3) is 0 Å². The molecule has 3 heterocycles. The Bertz CT molecular complexity index is 1120. The molecule has 1 aliphatic rings. The molecule has 8 heteroatoms. The Balaban J connectivity index is 1.77. The Labute approximate surface area is 156 Å². The van der Waals surface area contributed by atoms with Crippen LogP contribution in [0, 0.1) is 18.8 Å². The van der Waals surface area contributed by atoms with Crippen molar-refractivity contribution in [2.75, 3.05) is 12.4 Å². The average Bonchev–Trinajstić information content (AvgIpc) is 3.29. The van der Waals surface area contributed by atoms with Gasteiger partial charge in [-0.05, 0) is 32.0 Å². The van der Waals surface area contributed by atoms with Crippen molar-refractivity contribution in [1.29, 1.82) is 0 Å². The summed E-state index contributed by atoms with van der Waals surface area (Å²) in [7, 11) is 0. The van der Waals surface area contributed by atoms with E-state index in [-0.39, 0.29) is 5.95 Å². The van der Waals surface area contributed by atoms with E-state index < -0.39 is 5.60 Å². The minimum absolute atomic E-state index is 0.187. The molecular weight excluding hydrogens is 342 g/mol. The Kier molecular flexibility index (Phi) is 3.94. The maximum absolute atomic E-state index is 10.6. The normalized spacial score (nSPS) is 15.3. The van der Waals surface area contributed by atoms with Crippen LogP contribution in [0.15, 0.2) is 42.4 Å². The SMILES string of the molecule is Cc1nn(-c2ccnc(N)n2)c2cc(C#CC(C)(O)C3=CNCN3)ccc12. The number of nitrogens with one attached hydrogen (secondary N) is 2. The van der Waals surface area contributed by atoms with Crippen molar-refractivity contribution in [1.82, 2.24) is 30.4 Å². The van der Waals surface area contributed by atoms with Gasteiger partial charge < -0.3 is 21.5 Å². The summed E-state index contributed by atoms with van der Waals surface area (Å²) in [6.45, 7) is 4.17. The van der Waals surface area contributed by atoms with Crippen LogP contribution in [0.3, 0.4) is 0 Å². The number of rotatable bonds is 2. The number of aliphatic hydroxyl groups is 1. The van der Waals surface area contributed by atoms with Crippen LogP contribution in [0.1, 0.15) is 18.2 Å². The van der Waals surface area contributed by atoms with Crippen LogP contribution in [-0.4, -0.2) is 37.1 Å². The van der Waals surface area contributed by atoms with Gasteiger partial charge in [-0.3, -0.25) is 0 Å². The van der Waals surface area contributed by atoms with Gasteiger partial charge in [-0.25, -0.2) is 9.67 Å². The first kappa shape index (κ1) is 16.9. The van der Waals surface area contributed by atoms with Gasteiger partial charge in [0.05, 0.1) is 23.6 Å². The van der Waals surface area contributed by atoms with Crippen molar-refractivity contribution in [3.05, 3.63) is 53.6 Å². The van der Waals surface area contributed by atoms with Crippen LogP contribution in [0.25, 0.3) is 16.7 Å². The van der Waals surface area contributed by atoms with E-state index in [1.54, 1.807) is 30.1 Å². The maximum Gasteiger partial charge on any atom is 0.221 e. The summed E-state index contributed by atoms with van der Waals surface area (Å²) in [5.74, 6) is 6.74. The van der Waals surface area contributed by atoms with Gasteiger partial charge in [0.1, 0.15) is 0 Å². The lowest BCUT2D eigenvalue weighted by Crippen LogP contribution is -2.31. The summed E-state index contributed by atoms with van der Waals surface area (Å²) in [5.41, 5.74) is 7.58. The Morgan fingerprint density at radius 2 is 2.19 bits per heavy atom. The molecule has 3 aromatic rings. The van der Waals surface area contributed by atoms with Crippen molar-refractivity contribution in [3.63, 3.8) is 0 Å². The zero-order valence-corrected chi connectivity index (χ0v) is 15.0. The molecule has 5 N–H and O–H groups in total. The molecular formula is C19H19N7O. The predicted molar refractivity (Wildman–Crippen MR) is 103 cm³/mol. The first-order valence-corrected chi connectivity index (χ1v) is 8.46. The van der Waals surface area contributed by atoms with Gasteiger partial charge >= 0.3 is 0 Å². The third-order valence-corrected chi connectivity index (χ3v) is 4.34. The standard InChI is InChI=1S/C19H19N7O/c1-12-14-4-3-13(5-7-19(2,27)16-10-21-11-23-16)9-15(14)26(25-12)17-6-8-22-18(20)24-17/h3-4,6,8-10,21,23,27H,11H2,1-2H3,(H2,20,22,24). The van der Waals surface area contributed by atoms with Gasteiger partial charge in [0.15, 0.2) is 11.4 Å². The third kappa shape index (κ3) is 3.16. The van der Waals surface area contributed by atoms with Gasteiger partial charge in [-0.1, -0.05) is 11.8 Å². The number of aromatic nitrogens is 4. The van der Waals surface area contributed by atoms with Crippen LogP contribution in [0.4, 0.5) is 5.95 Å². The molecule has 2 aromatic heterocycles. The highest BCUT2D eigenvalue weighted by Crippen LogP contribution is 2.22. The van der Waals surface area contributed by atoms with Crippen LogP contribution < -0.4 is 16.4 Å². The first-order chi connectivity index (χ1) is 12.9. The highest BCUT2D eigenvalue weighted by molar-refractivity contribution is 5.84. The fraction of sp³-hybridized carbons (Fsp3) is 0.211. The smallest absolute Gasteiger partial charge is 0.221 e. The number of fused-ring (bicyclic) bond motifs is 1. The second-order valence-electron chi connectivity index (χ2n) is 6.44. The van der Waals surface area contributed by atoms with E-state index in [2.05, 4.69) is 37.5 Å². The van der Waals surface area contributed by atoms with E-state index in [1.807, 2.05) is 25.1 Å². The summed E-state index contributed by atoms with van der Waals surface area (Å²) in [5, 5.41) is 22.2. The average molecular weight is 361 g/mol. The summed E-state index contributed by atoms with van der Waals surface area (Å²) >= 11 is 0. The fourth-order valence-electron chi connectivity index (χ4n) is 2.93. The second kappa shape index (κ2) is 6.30. The lowest BCUT2D eigenvalue weighted by molar-refractivity contribution is 0.154. The molecule has 1 aromatic carbocycles. The van der Waals surface area contributed by atoms with E-state index in [4.69, 9.17) is 5.73 Å². The molecule has 136 valence electrons. The first-order valence-electron chi connectivity index (χ1n) is 8.46. The van der Waals surface area contributed by atoms with Crippen molar-refractivity contribution in [2.45, 2.75) is 19.4 Å². The number of nitrogens with two attached hydrogens (primary N) is 1. The van der Waals surface area contributed by atoms with Crippen LogP contribution in [0.2, 0.25) is 0 Å². The van der Waals surface area contributed by atoms with Crippen LogP contribution in [-0.2, 0) is 0 Å². The van der Waals surface area contributed by atoms with E-state index in [0.29, 0.717) is 18.2 Å². The number of hydrogen-bond donors (Lipinski definition) is 4. The van der Waals surface area contributed by atoms with Gasteiger partial charge in [-0.2, -0.15) is 10.1 Å². The largest absolute Gasteiger partial charge is 0.372 e. The molecule has 27 heavy (non-hydrogen) atoms. The molecule has 1 atom stereocenters. The highest BCUT2D eigenvalue weighted by atomic mass is 16.3. The van der Waals surface area contributed by atoms with Gasteiger partial charge in [0, 0.05) is 29.4 Å². The van der Waals surface area contributed by atoms with E-state index in [0.717, 1.165) is 22.2 Å². The van der Waals surface area contributed by atoms with Crippen LogP contribution in [0.5, 0.6) is 0 Å². The van der Waals surface area contributed by atoms with E-state index in [1.165, 1.54) is 0 Å². The molecule has 4 rings (SSSR count). The van der Waals surface area contributed by atoms with Crippen molar-refractivity contribution < 1.29 is 5.11 Å². The molecule has 0 aliphatic carbocycles.